The lowest BCUT2D eigenvalue weighted by Crippen LogP contribution is -2.35. The lowest BCUT2D eigenvalue weighted by molar-refractivity contribution is -0.0716. The Bertz CT molecular complexity index is 389. The Morgan fingerprint density at radius 1 is 1.36 bits per heavy atom. The minimum absolute atomic E-state index is 0.116. The molecule has 3 rings (SSSR count). The summed E-state index contributed by atoms with van der Waals surface area (Å²) < 4.78 is 5.60. The molecule has 0 aromatic heterocycles. The van der Waals surface area contributed by atoms with Crippen LogP contribution < -0.4 is 0 Å². The highest BCUT2D eigenvalue weighted by Crippen LogP contribution is 2.36. The number of ether oxygens (including phenoxy) is 1. The third kappa shape index (κ3) is 0.930. The topological polar surface area (TPSA) is 29.5 Å². The van der Waals surface area contributed by atoms with Crippen LogP contribution in [0.4, 0.5) is 0 Å². The predicted octanol–water partition coefficient (Wildman–Crippen LogP) is 1.56. The molecule has 3 heteroatoms. The van der Waals surface area contributed by atoms with E-state index in [-0.39, 0.29) is 12.1 Å². The number of benzene rings is 1. The fourth-order valence-corrected chi connectivity index (χ4v) is 2.16. The summed E-state index contributed by atoms with van der Waals surface area (Å²) in [6.45, 7) is 1.57. The highest BCUT2D eigenvalue weighted by Gasteiger charge is 2.38. The van der Waals surface area contributed by atoms with Gasteiger partial charge in [-0.05, 0) is 12.5 Å². The van der Waals surface area contributed by atoms with E-state index in [9.17, 15) is 4.79 Å². The van der Waals surface area contributed by atoms with Crippen molar-refractivity contribution in [3.63, 3.8) is 0 Å². The fraction of sp³-hybridized carbons (Fsp3) is 0.364. The molecule has 72 valence electrons. The predicted molar refractivity (Wildman–Crippen MR) is 50.8 cm³/mol. The number of nitrogens with zero attached hydrogens (tertiary/aromatic N) is 1. The Hall–Kier alpha value is -1.35. The lowest BCUT2D eigenvalue weighted by atomic mass is 10.1. The summed E-state index contributed by atoms with van der Waals surface area (Å²) in [5, 5.41) is 0. The molecule has 1 unspecified atom stereocenters. The second kappa shape index (κ2) is 2.82. The summed E-state index contributed by atoms with van der Waals surface area (Å²) in [4.78, 5) is 13.7. The van der Waals surface area contributed by atoms with Gasteiger partial charge in [-0.25, -0.2) is 0 Å². The number of carbonyl (C=O) groups is 1. The molecule has 0 bridgehead atoms. The summed E-state index contributed by atoms with van der Waals surface area (Å²) in [6.07, 6.45) is 0.823. The Morgan fingerprint density at radius 3 is 3.14 bits per heavy atom. The number of fused-ring (bicyclic) bond motifs is 3. The molecule has 1 aromatic carbocycles. The molecule has 1 saturated heterocycles. The van der Waals surface area contributed by atoms with Gasteiger partial charge in [-0.2, -0.15) is 0 Å². The van der Waals surface area contributed by atoms with Crippen LogP contribution >= 0.6 is 0 Å². The van der Waals surface area contributed by atoms with Crippen molar-refractivity contribution in [1.82, 2.24) is 4.90 Å². The van der Waals surface area contributed by atoms with E-state index < -0.39 is 0 Å². The minimum atomic E-state index is -0.118. The molecular weight excluding hydrogens is 178 g/mol. The quantitative estimate of drug-likeness (QED) is 0.619. The second-order valence-electron chi connectivity index (χ2n) is 3.66. The van der Waals surface area contributed by atoms with E-state index in [1.807, 2.05) is 29.2 Å². The molecule has 0 saturated carbocycles. The molecule has 0 aliphatic carbocycles. The van der Waals surface area contributed by atoms with Gasteiger partial charge in [0.15, 0.2) is 6.23 Å². The zero-order valence-electron chi connectivity index (χ0n) is 7.77. The van der Waals surface area contributed by atoms with Gasteiger partial charge < -0.3 is 9.64 Å². The van der Waals surface area contributed by atoms with Gasteiger partial charge in [0.2, 0.25) is 0 Å². The third-order valence-corrected chi connectivity index (χ3v) is 2.82. The van der Waals surface area contributed by atoms with Gasteiger partial charge in [-0.3, -0.25) is 4.79 Å². The zero-order chi connectivity index (χ0) is 9.54. The average Bonchev–Trinajstić information content (AvgIpc) is 2.55. The van der Waals surface area contributed by atoms with Crippen molar-refractivity contribution in [2.24, 2.45) is 0 Å². The minimum Gasteiger partial charge on any atom is -0.354 e. The van der Waals surface area contributed by atoms with Crippen molar-refractivity contribution in [3.05, 3.63) is 35.4 Å². The van der Waals surface area contributed by atoms with Crippen LogP contribution in [0.3, 0.4) is 0 Å². The molecular formula is C11H11NO2. The molecule has 0 N–H and O–H groups in total. The average molecular weight is 189 g/mol. The first-order valence-corrected chi connectivity index (χ1v) is 4.89. The van der Waals surface area contributed by atoms with E-state index in [1.165, 1.54) is 0 Å². The standard InChI is InChI=1S/C11H11NO2/c13-10-8-4-1-2-5-9(8)11-12(10)6-3-7-14-11/h1-2,4-5,11H,3,6-7H2. The number of rotatable bonds is 0. The first kappa shape index (κ1) is 8.00. The van der Waals surface area contributed by atoms with Gasteiger partial charge in [0.1, 0.15) is 0 Å². The monoisotopic (exact) mass is 189 g/mol. The van der Waals surface area contributed by atoms with Crippen LogP contribution in [0.25, 0.3) is 0 Å². The molecule has 1 atom stereocenters. The van der Waals surface area contributed by atoms with E-state index >= 15 is 0 Å². The maximum atomic E-state index is 11.9. The summed E-state index contributed by atoms with van der Waals surface area (Å²) in [5.41, 5.74) is 1.83. The number of hydrogen-bond acceptors (Lipinski definition) is 2. The highest BCUT2D eigenvalue weighted by molar-refractivity contribution is 5.98. The Balaban J connectivity index is 2.11. The van der Waals surface area contributed by atoms with Gasteiger partial charge in [0, 0.05) is 17.7 Å². The first-order valence-electron chi connectivity index (χ1n) is 4.89. The van der Waals surface area contributed by atoms with Gasteiger partial charge in [0.25, 0.3) is 5.91 Å². The van der Waals surface area contributed by atoms with Crippen LogP contribution in [-0.2, 0) is 4.74 Å². The molecule has 2 aliphatic rings. The van der Waals surface area contributed by atoms with E-state index in [1.54, 1.807) is 0 Å². The van der Waals surface area contributed by atoms with Crippen molar-refractivity contribution < 1.29 is 9.53 Å². The summed E-state index contributed by atoms with van der Waals surface area (Å²) in [7, 11) is 0. The summed E-state index contributed by atoms with van der Waals surface area (Å²) in [5.74, 6) is 0.116. The molecule has 3 nitrogen and oxygen atoms in total. The van der Waals surface area contributed by atoms with Crippen molar-refractivity contribution in [2.75, 3.05) is 13.2 Å². The Kier molecular flexibility index (Phi) is 1.61. The summed E-state index contributed by atoms with van der Waals surface area (Å²) >= 11 is 0. The van der Waals surface area contributed by atoms with E-state index in [4.69, 9.17) is 4.74 Å². The third-order valence-electron chi connectivity index (χ3n) is 2.82. The van der Waals surface area contributed by atoms with E-state index in [2.05, 4.69) is 0 Å². The number of hydrogen-bond donors (Lipinski definition) is 0. The van der Waals surface area contributed by atoms with Gasteiger partial charge in [-0.15, -0.1) is 0 Å². The van der Waals surface area contributed by atoms with Crippen LogP contribution in [0.2, 0.25) is 0 Å². The molecule has 2 heterocycles. The molecule has 1 fully saturated rings. The Labute approximate surface area is 82.3 Å². The van der Waals surface area contributed by atoms with Crippen molar-refractivity contribution in [2.45, 2.75) is 12.6 Å². The second-order valence-corrected chi connectivity index (χ2v) is 3.66. The van der Waals surface area contributed by atoms with Gasteiger partial charge >= 0.3 is 0 Å². The van der Waals surface area contributed by atoms with Gasteiger partial charge in [-0.1, -0.05) is 18.2 Å². The maximum absolute atomic E-state index is 11.9. The van der Waals surface area contributed by atoms with Crippen LogP contribution in [0.1, 0.15) is 28.6 Å². The molecule has 0 radical (unpaired) electrons. The molecule has 2 aliphatic heterocycles. The molecule has 14 heavy (non-hydrogen) atoms. The summed E-state index contributed by atoms with van der Waals surface area (Å²) in [6, 6.07) is 7.70. The number of carbonyl (C=O) groups excluding carboxylic acids is 1. The van der Waals surface area contributed by atoms with E-state index in [0.717, 1.165) is 30.7 Å². The first-order chi connectivity index (χ1) is 6.88. The molecule has 0 spiro atoms. The maximum Gasteiger partial charge on any atom is 0.256 e. The number of amides is 1. The normalized spacial score (nSPS) is 24.7. The van der Waals surface area contributed by atoms with Crippen LogP contribution in [0.5, 0.6) is 0 Å². The largest absolute Gasteiger partial charge is 0.354 e. The highest BCUT2D eigenvalue weighted by atomic mass is 16.5. The lowest BCUT2D eigenvalue weighted by Gasteiger charge is -2.29. The smallest absolute Gasteiger partial charge is 0.256 e. The van der Waals surface area contributed by atoms with Crippen molar-refractivity contribution >= 4 is 5.91 Å². The SMILES string of the molecule is O=C1c2ccccc2C2OCCCN12. The van der Waals surface area contributed by atoms with Crippen molar-refractivity contribution in [3.8, 4) is 0 Å². The molecule has 1 aromatic rings. The zero-order valence-corrected chi connectivity index (χ0v) is 7.77. The van der Waals surface area contributed by atoms with Crippen molar-refractivity contribution in [1.29, 1.82) is 0 Å². The van der Waals surface area contributed by atoms with Gasteiger partial charge in [0.05, 0.1) is 6.61 Å². The van der Waals surface area contributed by atoms with Crippen LogP contribution in [0, 0.1) is 0 Å². The van der Waals surface area contributed by atoms with Crippen LogP contribution in [0.15, 0.2) is 24.3 Å². The Morgan fingerprint density at radius 2 is 2.21 bits per heavy atom. The van der Waals surface area contributed by atoms with Crippen LogP contribution in [-0.4, -0.2) is 24.0 Å². The van der Waals surface area contributed by atoms with E-state index in [0.29, 0.717) is 0 Å². The fourth-order valence-electron chi connectivity index (χ4n) is 2.16. The molecule has 1 amide bonds.